The number of anilines is 1. The molecule has 2 aromatic rings. The number of hydrogen-bond acceptors (Lipinski definition) is 3. The average Bonchev–Trinajstić information content (AvgIpc) is 2.93. The van der Waals surface area contributed by atoms with Crippen LogP contribution in [0.4, 0.5) is 10.5 Å². The number of aromatic nitrogens is 3. The van der Waals surface area contributed by atoms with Gasteiger partial charge < -0.3 is 15.2 Å². The summed E-state index contributed by atoms with van der Waals surface area (Å²) in [6, 6.07) is 3.41. The number of rotatable bonds is 3. The molecule has 3 heterocycles. The first-order chi connectivity index (χ1) is 9.81. The quantitative estimate of drug-likeness (QED) is 0.891. The Kier molecular flexibility index (Phi) is 3.62. The van der Waals surface area contributed by atoms with Gasteiger partial charge >= 0.3 is 6.03 Å². The van der Waals surface area contributed by atoms with E-state index in [0.29, 0.717) is 18.2 Å². The predicted octanol–water partition coefficient (Wildman–Crippen LogP) is 1.66. The van der Waals surface area contributed by atoms with Crippen LogP contribution in [0.5, 0.6) is 0 Å². The Morgan fingerprint density at radius 2 is 2.40 bits per heavy atom. The molecule has 1 atom stereocenters. The van der Waals surface area contributed by atoms with Crippen LogP contribution in [0.15, 0.2) is 36.9 Å². The Labute approximate surface area is 117 Å². The monoisotopic (exact) mass is 271 g/mol. The van der Waals surface area contributed by atoms with Crippen molar-refractivity contribution in [2.24, 2.45) is 5.92 Å². The number of fused-ring (bicyclic) bond motifs is 1. The van der Waals surface area contributed by atoms with Crippen molar-refractivity contribution in [3.8, 4) is 0 Å². The lowest BCUT2D eigenvalue weighted by atomic mass is 9.98. The van der Waals surface area contributed by atoms with Crippen LogP contribution in [-0.4, -0.2) is 27.1 Å². The molecule has 0 aromatic carbocycles. The highest BCUT2D eigenvalue weighted by Crippen LogP contribution is 2.18. The number of hydrogen-bond donors (Lipinski definition) is 2. The predicted molar refractivity (Wildman–Crippen MR) is 75.3 cm³/mol. The van der Waals surface area contributed by atoms with E-state index in [1.807, 2.05) is 18.5 Å². The van der Waals surface area contributed by atoms with Gasteiger partial charge in [-0.2, -0.15) is 0 Å². The zero-order chi connectivity index (χ0) is 13.8. The summed E-state index contributed by atoms with van der Waals surface area (Å²) in [5, 5.41) is 5.67. The molecule has 0 fully saturated rings. The van der Waals surface area contributed by atoms with Gasteiger partial charge in [-0.25, -0.2) is 9.78 Å². The lowest BCUT2D eigenvalue weighted by Crippen LogP contribution is -2.35. The summed E-state index contributed by atoms with van der Waals surface area (Å²) in [7, 11) is 0. The Bertz CT molecular complexity index is 580. The van der Waals surface area contributed by atoms with Gasteiger partial charge in [0.2, 0.25) is 0 Å². The number of pyridine rings is 1. The Hall–Kier alpha value is -2.37. The summed E-state index contributed by atoms with van der Waals surface area (Å²) in [5.74, 6) is 1.56. The second kappa shape index (κ2) is 5.73. The van der Waals surface area contributed by atoms with Crippen molar-refractivity contribution in [1.82, 2.24) is 19.9 Å². The SMILES string of the molecule is O=C(NC[C@H]1CCn2ccnc2C1)Nc1cccnc1. The van der Waals surface area contributed by atoms with Gasteiger partial charge in [0.25, 0.3) is 0 Å². The largest absolute Gasteiger partial charge is 0.338 e. The molecule has 0 saturated carbocycles. The third-order valence-corrected chi connectivity index (χ3v) is 3.52. The fourth-order valence-corrected chi connectivity index (χ4v) is 2.44. The minimum Gasteiger partial charge on any atom is -0.338 e. The molecular formula is C14H17N5O. The van der Waals surface area contributed by atoms with Crippen molar-refractivity contribution in [3.63, 3.8) is 0 Å². The number of nitrogens with zero attached hydrogens (tertiary/aromatic N) is 3. The third-order valence-electron chi connectivity index (χ3n) is 3.52. The second-order valence-corrected chi connectivity index (χ2v) is 4.97. The van der Waals surface area contributed by atoms with Crippen molar-refractivity contribution in [1.29, 1.82) is 0 Å². The van der Waals surface area contributed by atoms with E-state index in [-0.39, 0.29) is 6.03 Å². The van der Waals surface area contributed by atoms with E-state index < -0.39 is 0 Å². The lowest BCUT2D eigenvalue weighted by Gasteiger charge is -2.23. The van der Waals surface area contributed by atoms with Gasteiger partial charge in [0.1, 0.15) is 5.82 Å². The summed E-state index contributed by atoms with van der Waals surface area (Å²) < 4.78 is 2.17. The zero-order valence-corrected chi connectivity index (χ0v) is 11.1. The summed E-state index contributed by atoms with van der Waals surface area (Å²) >= 11 is 0. The van der Waals surface area contributed by atoms with E-state index in [1.54, 1.807) is 18.5 Å². The van der Waals surface area contributed by atoms with Crippen molar-refractivity contribution in [2.75, 3.05) is 11.9 Å². The van der Waals surface area contributed by atoms with Gasteiger partial charge in [-0.1, -0.05) is 0 Å². The van der Waals surface area contributed by atoms with E-state index >= 15 is 0 Å². The van der Waals surface area contributed by atoms with Gasteiger partial charge in [-0.05, 0) is 24.5 Å². The van der Waals surface area contributed by atoms with Crippen molar-refractivity contribution in [2.45, 2.75) is 19.4 Å². The Balaban J connectivity index is 1.47. The van der Waals surface area contributed by atoms with Crippen molar-refractivity contribution < 1.29 is 4.79 Å². The number of nitrogens with one attached hydrogen (secondary N) is 2. The van der Waals surface area contributed by atoms with Crippen molar-refractivity contribution in [3.05, 3.63) is 42.7 Å². The maximum atomic E-state index is 11.8. The van der Waals surface area contributed by atoms with E-state index in [0.717, 1.165) is 25.2 Å². The highest BCUT2D eigenvalue weighted by atomic mass is 16.2. The minimum atomic E-state index is -0.188. The molecule has 104 valence electrons. The first-order valence-corrected chi connectivity index (χ1v) is 6.76. The van der Waals surface area contributed by atoms with E-state index in [2.05, 4.69) is 25.2 Å². The molecule has 1 aliphatic rings. The van der Waals surface area contributed by atoms with Crippen LogP contribution < -0.4 is 10.6 Å². The molecule has 3 rings (SSSR count). The first-order valence-electron chi connectivity index (χ1n) is 6.76. The second-order valence-electron chi connectivity index (χ2n) is 4.97. The minimum absolute atomic E-state index is 0.188. The van der Waals surface area contributed by atoms with Crippen LogP contribution in [-0.2, 0) is 13.0 Å². The molecule has 0 aliphatic carbocycles. The van der Waals surface area contributed by atoms with Crippen molar-refractivity contribution >= 4 is 11.7 Å². The van der Waals surface area contributed by atoms with E-state index in [1.165, 1.54) is 0 Å². The number of carbonyl (C=O) groups is 1. The number of imidazole rings is 1. The summed E-state index contributed by atoms with van der Waals surface area (Å²) in [6.45, 7) is 1.64. The van der Waals surface area contributed by atoms with Crippen LogP contribution in [0, 0.1) is 5.92 Å². The Morgan fingerprint density at radius 1 is 1.45 bits per heavy atom. The highest BCUT2D eigenvalue weighted by molar-refractivity contribution is 5.88. The topological polar surface area (TPSA) is 71.8 Å². The number of amides is 2. The summed E-state index contributed by atoms with van der Waals surface area (Å²) in [6.07, 6.45) is 9.12. The Morgan fingerprint density at radius 3 is 3.25 bits per heavy atom. The van der Waals surface area contributed by atoms with Crippen LogP contribution in [0.2, 0.25) is 0 Å². The van der Waals surface area contributed by atoms with Crippen LogP contribution >= 0.6 is 0 Å². The molecule has 2 N–H and O–H groups in total. The van der Waals surface area contributed by atoms with Crippen LogP contribution in [0.1, 0.15) is 12.2 Å². The fraction of sp³-hybridized carbons (Fsp3) is 0.357. The molecule has 0 radical (unpaired) electrons. The van der Waals surface area contributed by atoms with Gasteiger partial charge in [0.15, 0.2) is 0 Å². The zero-order valence-electron chi connectivity index (χ0n) is 11.1. The van der Waals surface area contributed by atoms with Gasteiger partial charge in [0, 0.05) is 38.1 Å². The average molecular weight is 271 g/mol. The van der Waals surface area contributed by atoms with Gasteiger partial charge in [-0.15, -0.1) is 0 Å². The smallest absolute Gasteiger partial charge is 0.319 e. The maximum absolute atomic E-state index is 11.8. The molecule has 0 unspecified atom stereocenters. The molecule has 2 amide bonds. The summed E-state index contributed by atoms with van der Waals surface area (Å²) in [4.78, 5) is 20.1. The van der Waals surface area contributed by atoms with E-state index in [4.69, 9.17) is 0 Å². The number of aryl methyl sites for hydroxylation is 1. The van der Waals surface area contributed by atoms with Crippen LogP contribution in [0.3, 0.4) is 0 Å². The molecule has 6 heteroatoms. The van der Waals surface area contributed by atoms with Gasteiger partial charge in [-0.3, -0.25) is 4.98 Å². The normalized spacial score (nSPS) is 17.3. The lowest BCUT2D eigenvalue weighted by molar-refractivity contribution is 0.248. The fourth-order valence-electron chi connectivity index (χ4n) is 2.44. The third kappa shape index (κ3) is 2.96. The molecule has 1 aliphatic heterocycles. The first kappa shape index (κ1) is 12.7. The van der Waals surface area contributed by atoms with Gasteiger partial charge in [0.05, 0.1) is 11.9 Å². The molecular weight excluding hydrogens is 254 g/mol. The molecule has 6 nitrogen and oxygen atoms in total. The molecule has 0 saturated heterocycles. The maximum Gasteiger partial charge on any atom is 0.319 e. The molecule has 0 spiro atoms. The standard InChI is InChI=1S/C14H17N5O/c20-14(18-12-2-1-4-15-10-12)17-9-11-3-6-19-7-5-16-13(19)8-11/h1-2,4-5,7,10-11H,3,6,8-9H2,(H2,17,18,20)/t11-/m0/s1. The number of urea groups is 1. The molecule has 0 bridgehead atoms. The molecule has 2 aromatic heterocycles. The molecule has 20 heavy (non-hydrogen) atoms. The number of carbonyl (C=O) groups excluding carboxylic acids is 1. The highest BCUT2D eigenvalue weighted by Gasteiger charge is 2.19. The van der Waals surface area contributed by atoms with E-state index in [9.17, 15) is 4.79 Å². The van der Waals surface area contributed by atoms with Crippen LogP contribution in [0.25, 0.3) is 0 Å². The summed E-state index contributed by atoms with van der Waals surface area (Å²) in [5.41, 5.74) is 0.698.